The molecule has 7 heteroatoms. The monoisotopic (exact) mass is 409 g/mol. The summed E-state index contributed by atoms with van der Waals surface area (Å²) in [5, 5.41) is 0. The van der Waals surface area contributed by atoms with Crippen molar-refractivity contribution in [2.75, 3.05) is 13.1 Å². The zero-order valence-corrected chi connectivity index (χ0v) is 18.6. The number of imidazole rings is 1. The molecule has 0 amide bonds. The van der Waals surface area contributed by atoms with Crippen LogP contribution in [-0.4, -0.2) is 36.7 Å². The van der Waals surface area contributed by atoms with Gasteiger partial charge in [-0.05, 0) is 30.7 Å². The third-order valence-electron chi connectivity index (χ3n) is 6.16. The zero-order chi connectivity index (χ0) is 21.6. The molecule has 3 heterocycles. The van der Waals surface area contributed by atoms with Crippen molar-refractivity contribution in [3.63, 3.8) is 0 Å². The van der Waals surface area contributed by atoms with Crippen LogP contribution in [0.1, 0.15) is 37.2 Å². The third kappa shape index (κ3) is 3.74. The summed E-state index contributed by atoms with van der Waals surface area (Å²) in [5.41, 5.74) is 2.61. The highest BCUT2D eigenvalue weighted by Crippen LogP contribution is 2.23. The lowest BCUT2D eigenvalue weighted by Gasteiger charge is -2.34. The van der Waals surface area contributed by atoms with Crippen LogP contribution >= 0.6 is 0 Å². The van der Waals surface area contributed by atoms with E-state index in [4.69, 9.17) is 4.98 Å². The molecule has 1 aliphatic rings. The topological polar surface area (TPSA) is 65.1 Å². The number of aromatic nitrogens is 4. The second kappa shape index (κ2) is 7.87. The minimum atomic E-state index is -0.348. The van der Waals surface area contributed by atoms with E-state index in [9.17, 15) is 9.59 Å². The van der Waals surface area contributed by atoms with Gasteiger partial charge in [0.25, 0.3) is 5.56 Å². The molecule has 0 radical (unpaired) electrons. The Morgan fingerprint density at radius 2 is 1.73 bits per heavy atom. The maximum Gasteiger partial charge on any atom is 0.332 e. The number of hydrogen-bond acceptors (Lipinski definition) is 4. The third-order valence-corrected chi connectivity index (χ3v) is 6.16. The van der Waals surface area contributed by atoms with Crippen molar-refractivity contribution in [2.24, 2.45) is 25.9 Å². The number of hydrogen-bond donors (Lipinski definition) is 0. The normalized spacial score (nSPS) is 20.2. The molecule has 1 aromatic carbocycles. The van der Waals surface area contributed by atoms with Gasteiger partial charge >= 0.3 is 5.69 Å². The van der Waals surface area contributed by atoms with Crippen molar-refractivity contribution in [3.8, 4) is 0 Å². The first-order chi connectivity index (χ1) is 14.2. The van der Waals surface area contributed by atoms with Crippen LogP contribution in [0.2, 0.25) is 0 Å². The van der Waals surface area contributed by atoms with Gasteiger partial charge in [0.1, 0.15) is 5.82 Å². The molecule has 1 saturated heterocycles. The smallest absolute Gasteiger partial charge is 0.317 e. The first-order valence-electron chi connectivity index (χ1n) is 10.7. The summed E-state index contributed by atoms with van der Waals surface area (Å²) >= 11 is 0. The van der Waals surface area contributed by atoms with Gasteiger partial charge in [0, 0.05) is 33.7 Å². The van der Waals surface area contributed by atoms with E-state index >= 15 is 0 Å². The molecular formula is C23H31N5O2. The van der Waals surface area contributed by atoms with Crippen LogP contribution in [0.25, 0.3) is 11.2 Å². The number of fused-ring (bicyclic) bond motifs is 1. The van der Waals surface area contributed by atoms with E-state index in [0.29, 0.717) is 36.1 Å². The number of nitrogens with zero attached hydrogens (tertiary/aromatic N) is 5. The van der Waals surface area contributed by atoms with Crippen molar-refractivity contribution in [1.29, 1.82) is 0 Å². The molecule has 30 heavy (non-hydrogen) atoms. The van der Waals surface area contributed by atoms with E-state index in [2.05, 4.69) is 43.9 Å². The molecule has 3 aromatic rings. The van der Waals surface area contributed by atoms with Gasteiger partial charge < -0.3 is 4.57 Å². The number of rotatable bonds is 4. The quantitative estimate of drug-likeness (QED) is 0.663. The molecule has 0 N–H and O–H groups in total. The van der Waals surface area contributed by atoms with Crippen LogP contribution in [0.4, 0.5) is 0 Å². The first kappa shape index (κ1) is 20.6. The van der Waals surface area contributed by atoms with Gasteiger partial charge in [-0.3, -0.25) is 18.8 Å². The lowest BCUT2D eigenvalue weighted by molar-refractivity contribution is 0.130. The van der Waals surface area contributed by atoms with E-state index in [1.54, 1.807) is 7.05 Å². The Morgan fingerprint density at radius 1 is 1.03 bits per heavy atom. The SMILES string of the molecule is Cc1cccc(Cn2c(CN3C[C@@H](C)C[C@H](C)C3)nc3c2c(=O)n(C)c(=O)n3C)c1. The predicted octanol–water partition coefficient (Wildman–Crippen LogP) is 2.27. The van der Waals surface area contributed by atoms with Crippen molar-refractivity contribution in [2.45, 2.75) is 40.3 Å². The Balaban J connectivity index is 1.86. The van der Waals surface area contributed by atoms with Crippen LogP contribution in [0.15, 0.2) is 33.9 Å². The van der Waals surface area contributed by atoms with Gasteiger partial charge in [-0.25, -0.2) is 9.78 Å². The number of likely N-dealkylation sites (tertiary alicyclic amines) is 1. The first-order valence-corrected chi connectivity index (χ1v) is 10.7. The molecule has 1 fully saturated rings. The van der Waals surface area contributed by atoms with Gasteiger partial charge in [-0.15, -0.1) is 0 Å². The zero-order valence-electron chi connectivity index (χ0n) is 18.6. The van der Waals surface area contributed by atoms with Crippen LogP contribution in [0.5, 0.6) is 0 Å². The standard InChI is InChI=1S/C23H31N5O2/c1-15-7-6-8-18(10-15)13-28-19(14-27-11-16(2)9-17(3)12-27)24-21-20(28)22(29)26(5)23(30)25(21)4/h6-8,10,16-17H,9,11-14H2,1-5H3/t16-,17-/m0/s1. The summed E-state index contributed by atoms with van der Waals surface area (Å²) in [5.74, 6) is 2.12. The number of aryl methyl sites for hydroxylation is 2. The minimum Gasteiger partial charge on any atom is -0.317 e. The Kier molecular flexibility index (Phi) is 5.40. The average Bonchev–Trinajstić information content (AvgIpc) is 3.02. The summed E-state index contributed by atoms with van der Waals surface area (Å²) in [4.78, 5) is 32.8. The van der Waals surface area contributed by atoms with Crippen LogP contribution in [0, 0.1) is 18.8 Å². The van der Waals surface area contributed by atoms with E-state index in [0.717, 1.165) is 24.5 Å². The van der Waals surface area contributed by atoms with E-state index in [-0.39, 0.29) is 11.2 Å². The Bertz CT molecular complexity index is 1190. The molecule has 7 nitrogen and oxygen atoms in total. The molecule has 0 unspecified atom stereocenters. The summed E-state index contributed by atoms with van der Waals surface area (Å²) in [6, 6.07) is 8.30. The molecule has 2 aromatic heterocycles. The molecule has 0 bridgehead atoms. The lowest BCUT2D eigenvalue weighted by atomic mass is 9.92. The predicted molar refractivity (Wildman–Crippen MR) is 119 cm³/mol. The summed E-state index contributed by atoms with van der Waals surface area (Å²) in [6.07, 6.45) is 1.24. The minimum absolute atomic E-state index is 0.292. The molecule has 4 rings (SSSR count). The summed E-state index contributed by atoms with van der Waals surface area (Å²) < 4.78 is 4.66. The van der Waals surface area contributed by atoms with E-state index < -0.39 is 0 Å². The lowest BCUT2D eigenvalue weighted by Crippen LogP contribution is -2.39. The molecule has 0 saturated carbocycles. The largest absolute Gasteiger partial charge is 0.332 e. The van der Waals surface area contributed by atoms with Gasteiger partial charge in [0.2, 0.25) is 0 Å². The molecular weight excluding hydrogens is 378 g/mol. The second-order valence-corrected chi connectivity index (χ2v) is 9.12. The maximum absolute atomic E-state index is 13.1. The number of benzene rings is 1. The van der Waals surface area contributed by atoms with E-state index in [1.807, 2.05) is 10.6 Å². The van der Waals surface area contributed by atoms with Crippen LogP contribution in [0.3, 0.4) is 0 Å². The van der Waals surface area contributed by atoms with Crippen LogP contribution in [-0.2, 0) is 27.2 Å². The fourth-order valence-corrected chi connectivity index (χ4v) is 4.90. The fraction of sp³-hybridized carbons (Fsp3) is 0.522. The highest BCUT2D eigenvalue weighted by Gasteiger charge is 2.25. The van der Waals surface area contributed by atoms with E-state index in [1.165, 1.54) is 28.2 Å². The molecule has 0 spiro atoms. The average molecular weight is 410 g/mol. The highest BCUT2D eigenvalue weighted by molar-refractivity contribution is 5.71. The van der Waals surface area contributed by atoms with Crippen molar-refractivity contribution in [3.05, 3.63) is 62.1 Å². The van der Waals surface area contributed by atoms with Crippen molar-refractivity contribution >= 4 is 11.2 Å². The molecule has 0 aliphatic carbocycles. The van der Waals surface area contributed by atoms with Crippen molar-refractivity contribution in [1.82, 2.24) is 23.6 Å². The Morgan fingerprint density at radius 3 is 2.40 bits per heavy atom. The molecule has 2 atom stereocenters. The summed E-state index contributed by atoms with van der Waals surface area (Å²) in [7, 11) is 3.21. The highest BCUT2D eigenvalue weighted by atomic mass is 16.2. The van der Waals surface area contributed by atoms with Crippen molar-refractivity contribution < 1.29 is 0 Å². The molecule has 160 valence electrons. The van der Waals surface area contributed by atoms with Gasteiger partial charge in [0.05, 0.1) is 6.54 Å². The second-order valence-electron chi connectivity index (χ2n) is 9.12. The molecule has 1 aliphatic heterocycles. The van der Waals surface area contributed by atoms with Crippen LogP contribution < -0.4 is 11.2 Å². The summed E-state index contributed by atoms with van der Waals surface area (Å²) in [6.45, 7) is 9.92. The maximum atomic E-state index is 13.1. The Labute approximate surface area is 176 Å². The van der Waals surface area contributed by atoms with Gasteiger partial charge in [0.15, 0.2) is 11.2 Å². The van der Waals surface area contributed by atoms with Gasteiger partial charge in [-0.2, -0.15) is 0 Å². The fourth-order valence-electron chi connectivity index (χ4n) is 4.90. The van der Waals surface area contributed by atoms with Gasteiger partial charge in [-0.1, -0.05) is 43.7 Å². The number of piperidine rings is 1. The Hall–Kier alpha value is -2.67.